The summed E-state index contributed by atoms with van der Waals surface area (Å²) in [5, 5.41) is 6.10. The van der Waals surface area contributed by atoms with Crippen molar-refractivity contribution in [1.82, 2.24) is 15.2 Å². The first-order chi connectivity index (χ1) is 13.7. The maximum atomic E-state index is 12.9. The number of thiophene rings is 1. The van der Waals surface area contributed by atoms with Gasteiger partial charge in [-0.25, -0.2) is 4.98 Å². The molecule has 28 heavy (non-hydrogen) atoms. The third kappa shape index (κ3) is 4.26. The summed E-state index contributed by atoms with van der Waals surface area (Å²) in [6, 6.07) is 12.2. The molecular formula is C23H27N3OS. The van der Waals surface area contributed by atoms with Crippen molar-refractivity contribution in [1.29, 1.82) is 0 Å². The number of pyridine rings is 1. The molecule has 5 heteroatoms. The van der Waals surface area contributed by atoms with Gasteiger partial charge in [-0.3, -0.25) is 4.79 Å². The van der Waals surface area contributed by atoms with E-state index in [4.69, 9.17) is 4.98 Å². The van der Waals surface area contributed by atoms with Crippen molar-refractivity contribution in [3.63, 3.8) is 0 Å². The predicted molar refractivity (Wildman–Crippen MR) is 117 cm³/mol. The Labute approximate surface area is 170 Å². The number of carbonyl (C=O) groups is 1. The molecule has 3 aromatic rings. The number of amides is 1. The highest BCUT2D eigenvalue weighted by Gasteiger charge is 2.15. The normalized spacial score (nSPS) is 15.0. The second kappa shape index (κ2) is 8.84. The number of aryl methyl sites for hydroxylation is 1. The molecule has 1 aromatic carbocycles. The lowest BCUT2D eigenvalue weighted by atomic mass is 10.0. The zero-order valence-corrected chi connectivity index (χ0v) is 17.2. The van der Waals surface area contributed by atoms with Gasteiger partial charge in [-0.1, -0.05) is 18.6 Å². The maximum absolute atomic E-state index is 12.9. The zero-order valence-electron chi connectivity index (χ0n) is 16.4. The summed E-state index contributed by atoms with van der Waals surface area (Å²) in [5.74, 6) is 0.00687. The molecular weight excluding hydrogens is 366 g/mol. The van der Waals surface area contributed by atoms with Crippen LogP contribution in [0.2, 0.25) is 0 Å². The molecule has 1 aliphatic rings. The van der Waals surface area contributed by atoms with Crippen LogP contribution < -0.4 is 5.32 Å². The van der Waals surface area contributed by atoms with Crippen LogP contribution in [0, 0.1) is 6.92 Å². The van der Waals surface area contributed by atoms with E-state index in [1.165, 1.54) is 32.4 Å². The van der Waals surface area contributed by atoms with Crippen LogP contribution >= 0.6 is 11.3 Å². The SMILES string of the molecule is Cc1ccc2nc(-c3cccs3)ccc2c1C(=O)NCCCN1CCCCC1. The van der Waals surface area contributed by atoms with Crippen molar-refractivity contribution in [2.75, 3.05) is 26.2 Å². The van der Waals surface area contributed by atoms with Gasteiger partial charge in [0.1, 0.15) is 0 Å². The molecule has 1 N–H and O–H groups in total. The summed E-state index contributed by atoms with van der Waals surface area (Å²) in [6.45, 7) is 6.19. The van der Waals surface area contributed by atoms with E-state index in [-0.39, 0.29) is 5.91 Å². The summed E-state index contributed by atoms with van der Waals surface area (Å²) in [5.41, 5.74) is 3.57. The van der Waals surface area contributed by atoms with Gasteiger partial charge in [0.05, 0.1) is 21.7 Å². The fourth-order valence-electron chi connectivity index (χ4n) is 3.95. The lowest BCUT2D eigenvalue weighted by Gasteiger charge is -2.26. The Morgan fingerprint density at radius 2 is 2.00 bits per heavy atom. The van der Waals surface area contributed by atoms with Crippen LogP contribution in [0.25, 0.3) is 21.5 Å². The average molecular weight is 394 g/mol. The van der Waals surface area contributed by atoms with Gasteiger partial charge in [-0.15, -0.1) is 11.3 Å². The molecule has 146 valence electrons. The van der Waals surface area contributed by atoms with Crippen LogP contribution in [0.15, 0.2) is 41.8 Å². The quantitative estimate of drug-likeness (QED) is 0.607. The number of carbonyl (C=O) groups excluding carboxylic acids is 1. The number of aromatic nitrogens is 1. The van der Waals surface area contributed by atoms with E-state index in [2.05, 4.69) is 21.7 Å². The Morgan fingerprint density at radius 1 is 1.14 bits per heavy atom. The molecule has 4 rings (SSSR count). The standard InChI is InChI=1S/C23H27N3OS/c1-17-8-10-19-18(9-11-20(25-19)21-7-5-16-28-21)22(17)23(27)24-12-6-15-26-13-3-2-4-14-26/h5,7-11,16H,2-4,6,12-15H2,1H3,(H,24,27). The van der Waals surface area contributed by atoms with Crippen LogP contribution in [0.3, 0.4) is 0 Å². The van der Waals surface area contributed by atoms with Gasteiger partial charge in [0.15, 0.2) is 0 Å². The number of benzene rings is 1. The Kier molecular flexibility index (Phi) is 6.03. The van der Waals surface area contributed by atoms with Crippen LogP contribution in [0.1, 0.15) is 41.6 Å². The number of nitrogens with one attached hydrogen (secondary N) is 1. The van der Waals surface area contributed by atoms with Crippen molar-refractivity contribution < 1.29 is 4.79 Å². The summed E-state index contributed by atoms with van der Waals surface area (Å²) in [7, 11) is 0. The average Bonchev–Trinajstić information content (AvgIpc) is 3.26. The molecule has 0 aliphatic carbocycles. The molecule has 1 aliphatic heterocycles. The predicted octanol–water partition coefficient (Wildman–Crippen LogP) is 4.88. The monoisotopic (exact) mass is 393 g/mol. The third-order valence-electron chi connectivity index (χ3n) is 5.47. The van der Waals surface area contributed by atoms with E-state index in [1.54, 1.807) is 11.3 Å². The van der Waals surface area contributed by atoms with Crippen LogP contribution in [0.5, 0.6) is 0 Å². The van der Waals surface area contributed by atoms with Crippen molar-refractivity contribution in [2.24, 2.45) is 0 Å². The molecule has 4 nitrogen and oxygen atoms in total. The molecule has 1 amide bonds. The number of hydrogen-bond donors (Lipinski definition) is 1. The Morgan fingerprint density at radius 3 is 2.79 bits per heavy atom. The van der Waals surface area contributed by atoms with Crippen LogP contribution in [-0.4, -0.2) is 42.0 Å². The smallest absolute Gasteiger partial charge is 0.252 e. The highest BCUT2D eigenvalue weighted by atomic mass is 32.1. The van der Waals surface area contributed by atoms with E-state index in [1.807, 2.05) is 37.3 Å². The van der Waals surface area contributed by atoms with Gasteiger partial charge in [0, 0.05) is 11.9 Å². The van der Waals surface area contributed by atoms with Gasteiger partial charge in [0.2, 0.25) is 0 Å². The Balaban J connectivity index is 1.45. The number of fused-ring (bicyclic) bond motifs is 1. The van der Waals surface area contributed by atoms with E-state index < -0.39 is 0 Å². The van der Waals surface area contributed by atoms with Crippen LogP contribution in [-0.2, 0) is 0 Å². The summed E-state index contributed by atoms with van der Waals surface area (Å²) in [4.78, 5) is 21.3. The largest absolute Gasteiger partial charge is 0.352 e. The minimum atomic E-state index is 0.00687. The number of likely N-dealkylation sites (tertiary alicyclic amines) is 1. The molecule has 0 unspecified atom stereocenters. The van der Waals surface area contributed by atoms with Crippen LogP contribution in [0.4, 0.5) is 0 Å². The number of hydrogen-bond acceptors (Lipinski definition) is 4. The van der Waals surface area contributed by atoms with Gasteiger partial charge in [-0.2, -0.15) is 0 Å². The lowest BCUT2D eigenvalue weighted by Crippen LogP contribution is -2.33. The fourth-order valence-corrected chi connectivity index (χ4v) is 4.65. The van der Waals surface area contributed by atoms with E-state index >= 15 is 0 Å². The lowest BCUT2D eigenvalue weighted by molar-refractivity contribution is 0.0952. The fraction of sp³-hybridized carbons (Fsp3) is 0.391. The highest BCUT2D eigenvalue weighted by Crippen LogP contribution is 2.27. The molecule has 0 spiro atoms. The summed E-state index contributed by atoms with van der Waals surface area (Å²) < 4.78 is 0. The number of rotatable bonds is 6. The summed E-state index contributed by atoms with van der Waals surface area (Å²) in [6.07, 6.45) is 4.97. The Hall–Kier alpha value is -2.24. The molecule has 1 fully saturated rings. The maximum Gasteiger partial charge on any atom is 0.252 e. The van der Waals surface area contributed by atoms with Gasteiger partial charge < -0.3 is 10.2 Å². The van der Waals surface area contributed by atoms with Crippen molar-refractivity contribution in [3.8, 4) is 10.6 Å². The minimum absolute atomic E-state index is 0.00687. The second-order valence-electron chi connectivity index (χ2n) is 7.51. The molecule has 3 heterocycles. The molecule has 0 bridgehead atoms. The minimum Gasteiger partial charge on any atom is -0.352 e. The van der Waals surface area contributed by atoms with E-state index in [0.29, 0.717) is 6.54 Å². The van der Waals surface area contributed by atoms with Crippen molar-refractivity contribution in [3.05, 3.63) is 52.9 Å². The van der Waals surface area contributed by atoms with Gasteiger partial charge in [0.25, 0.3) is 5.91 Å². The topological polar surface area (TPSA) is 45.2 Å². The molecule has 1 saturated heterocycles. The first kappa shape index (κ1) is 19.1. The molecule has 0 saturated carbocycles. The van der Waals surface area contributed by atoms with E-state index in [0.717, 1.165) is 45.6 Å². The number of nitrogens with zero attached hydrogens (tertiary/aromatic N) is 2. The van der Waals surface area contributed by atoms with Gasteiger partial charge >= 0.3 is 0 Å². The van der Waals surface area contributed by atoms with Crippen molar-refractivity contribution >= 4 is 28.1 Å². The molecule has 0 atom stereocenters. The number of piperidine rings is 1. The first-order valence-corrected chi connectivity index (χ1v) is 11.0. The first-order valence-electron chi connectivity index (χ1n) is 10.2. The summed E-state index contributed by atoms with van der Waals surface area (Å²) >= 11 is 1.68. The Bertz CT molecular complexity index is 946. The van der Waals surface area contributed by atoms with E-state index in [9.17, 15) is 4.79 Å². The third-order valence-corrected chi connectivity index (χ3v) is 6.36. The zero-order chi connectivity index (χ0) is 19.3. The molecule has 2 aromatic heterocycles. The molecule has 0 radical (unpaired) electrons. The highest BCUT2D eigenvalue weighted by molar-refractivity contribution is 7.13. The van der Waals surface area contributed by atoms with Gasteiger partial charge in [-0.05, 0) is 81.0 Å². The second-order valence-corrected chi connectivity index (χ2v) is 8.46. The van der Waals surface area contributed by atoms with Crippen molar-refractivity contribution in [2.45, 2.75) is 32.6 Å².